The summed E-state index contributed by atoms with van der Waals surface area (Å²) in [6.45, 7) is 1.80. The van der Waals surface area contributed by atoms with Crippen molar-refractivity contribution in [2.24, 2.45) is 0 Å². The monoisotopic (exact) mass is 348 g/mol. The Bertz CT molecular complexity index is 885. The van der Waals surface area contributed by atoms with Crippen molar-refractivity contribution in [2.75, 3.05) is 0 Å². The minimum atomic E-state index is -4.73. The summed E-state index contributed by atoms with van der Waals surface area (Å²) in [7, 11) is 0. The van der Waals surface area contributed by atoms with Crippen LogP contribution in [0.25, 0.3) is 5.65 Å². The van der Waals surface area contributed by atoms with Gasteiger partial charge in [-0.3, -0.25) is 4.79 Å². The molecule has 3 rings (SSSR count). The number of halogens is 3. The summed E-state index contributed by atoms with van der Waals surface area (Å²) in [6.07, 6.45) is -1.15. The van der Waals surface area contributed by atoms with Gasteiger partial charge in [0, 0.05) is 24.5 Å². The van der Waals surface area contributed by atoms with Crippen LogP contribution in [0.1, 0.15) is 24.1 Å². The first-order chi connectivity index (χ1) is 11.8. The summed E-state index contributed by atoms with van der Waals surface area (Å²) in [5.74, 6) is -0.713. The number of benzene rings is 1. The Morgan fingerprint density at radius 1 is 1.20 bits per heavy atom. The molecule has 25 heavy (non-hydrogen) atoms. The minimum Gasteiger partial charge on any atom is -0.406 e. The second kappa shape index (κ2) is 6.58. The highest BCUT2D eigenvalue weighted by atomic mass is 19.4. The Morgan fingerprint density at radius 3 is 2.60 bits per heavy atom. The number of carbonyl (C=O) groups excluding carboxylic acids is 1. The lowest BCUT2D eigenvalue weighted by Gasteiger charge is -2.13. The third-order valence-electron chi connectivity index (χ3n) is 3.92. The molecule has 2 aromatic heterocycles. The molecule has 4 nitrogen and oxygen atoms in total. The molecule has 0 radical (unpaired) electrons. The van der Waals surface area contributed by atoms with Gasteiger partial charge < -0.3 is 9.14 Å². The zero-order valence-electron chi connectivity index (χ0n) is 13.3. The van der Waals surface area contributed by atoms with Gasteiger partial charge >= 0.3 is 6.36 Å². The fourth-order valence-electron chi connectivity index (χ4n) is 2.65. The zero-order valence-corrected chi connectivity index (χ0v) is 13.3. The molecular weight excluding hydrogens is 333 g/mol. The van der Waals surface area contributed by atoms with Gasteiger partial charge in [-0.2, -0.15) is 0 Å². The fraction of sp³-hybridized carbons (Fsp3) is 0.222. The van der Waals surface area contributed by atoms with Crippen molar-refractivity contribution in [3.05, 3.63) is 66.1 Å². The molecule has 0 amide bonds. The average molecular weight is 348 g/mol. The Morgan fingerprint density at radius 2 is 1.92 bits per heavy atom. The lowest BCUT2D eigenvalue weighted by molar-refractivity contribution is -0.274. The highest BCUT2D eigenvalue weighted by molar-refractivity contribution is 5.87. The normalized spacial score (nSPS) is 13.0. The van der Waals surface area contributed by atoms with E-state index in [4.69, 9.17) is 0 Å². The number of pyridine rings is 1. The largest absolute Gasteiger partial charge is 0.573 e. The van der Waals surface area contributed by atoms with Crippen LogP contribution in [0.5, 0.6) is 5.75 Å². The molecule has 1 unspecified atom stereocenters. The quantitative estimate of drug-likeness (QED) is 0.696. The van der Waals surface area contributed by atoms with Crippen LogP contribution in [-0.4, -0.2) is 21.5 Å². The Hall–Kier alpha value is -2.83. The third-order valence-corrected chi connectivity index (χ3v) is 3.92. The fourth-order valence-corrected chi connectivity index (χ4v) is 2.65. The van der Waals surface area contributed by atoms with E-state index < -0.39 is 6.36 Å². The van der Waals surface area contributed by atoms with Crippen LogP contribution in [0, 0.1) is 0 Å². The maximum absolute atomic E-state index is 12.5. The van der Waals surface area contributed by atoms with Gasteiger partial charge in [-0.25, -0.2) is 4.98 Å². The summed E-state index contributed by atoms with van der Waals surface area (Å²) in [6, 6.07) is 10.9. The second-order valence-corrected chi connectivity index (χ2v) is 5.66. The van der Waals surface area contributed by atoms with E-state index in [0.717, 1.165) is 11.3 Å². The molecule has 130 valence electrons. The molecule has 0 aliphatic heterocycles. The highest BCUT2D eigenvalue weighted by Gasteiger charge is 2.31. The molecule has 0 bridgehead atoms. The van der Waals surface area contributed by atoms with E-state index in [1.165, 1.54) is 24.3 Å². The van der Waals surface area contributed by atoms with E-state index in [2.05, 4.69) is 9.72 Å². The molecule has 1 aromatic carbocycles. The van der Waals surface area contributed by atoms with Crippen molar-refractivity contribution in [1.82, 2.24) is 9.38 Å². The number of hydrogen-bond donors (Lipinski definition) is 0. The first-order valence-electron chi connectivity index (χ1n) is 7.63. The molecule has 0 N–H and O–H groups in total. The predicted octanol–water partition coefficient (Wildman–Crippen LogP) is 4.15. The van der Waals surface area contributed by atoms with Crippen LogP contribution < -0.4 is 4.74 Å². The Kier molecular flexibility index (Phi) is 4.48. The molecule has 2 heterocycles. The van der Waals surface area contributed by atoms with Gasteiger partial charge in [0.2, 0.25) is 0 Å². The predicted molar refractivity (Wildman–Crippen MR) is 85.4 cm³/mol. The molecule has 0 fully saturated rings. The van der Waals surface area contributed by atoms with Crippen molar-refractivity contribution in [3.63, 3.8) is 0 Å². The van der Waals surface area contributed by atoms with Gasteiger partial charge in [0.05, 0.1) is 5.92 Å². The molecule has 3 aromatic rings. The number of imidazole rings is 1. The lowest BCUT2D eigenvalue weighted by Crippen LogP contribution is -2.17. The number of ketones is 1. The smallest absolute Gasteiger partial charge is 0.406 e. The first-order valence-corrected chi connectivity index (χ1v) is 7.63. The number of fused-ring (bicyclic) bond motifs is 1. The van der Waals surface area contributed by atoms with Crippen LogP contribution in [0.15, 0.2) is 54.9 Å². The third kappa shape index (κ3) is 3.99. The zero-order chi connectivity index (χ0) is 18.0. The van der Waals surface area contributed by atoms with Gasteiger partial charge in [-0.15, -0.1) is 13.2 Å². The van der Waals surface area contributed by atoms with Crippen LogP contribution >= 0.6 is 0 Å². The van der Waals surface area contributed by atoms with Gasteiger partial charge in [0.15, 0.2) is 0 Å². The van der Waals surface area contributed by atoms with E-state index in [0.29, 0.717) is 5.56 Å². The van der Waals surface area contributed by atoms with Crippen LogP contribution in [-0.2, 0) is 11.2 Å². The van der Waals surface area contributed by atoms with E-state index in [9.17, 15) is 18.0 Å². The molecule has 7 heteroatoms. The lowest BCUT2D eigenvalue weighted by atomic mass is 9.96. The maximum Gasteiger partial charge on any atom is 0.573 e. The minimum absolute atomic E-state index is 0.0364. The number of alkyl halides is 3. The molecule has 0 aliphatic carbocycles. The van der Waals surface area contributed by atoms with Crippen LogP contribution in [0.2, 0.25) is 0 Å². The van der Waals surface area contributed by atoms with Crippen LogP contribution in [0.4, 0.5) is 13.2 Å². The topological polar surface area (TPSA) is 43.6 Å². The Labute approximate surface area is 141 Å². The maximum atomic E-state index is 12.5. The van der Waals surface area contributed by atoms with Crippen molar-refractivity contribution in [1.29, 1.82) is 0 Å². The number of nitrogens with zero attached hydrogens (tertiary/aromatic N) is 2. The second-order valence-electron chi connectivity index (χ2n) is 5.66. The number of hydrogen-bond acceptors (Lipinski definition) is 3. The molecule has 1 atom stereocenters. The van der Waals surface area contributed by atoms with Crippen molar-refractivity contribution in [2.45, 2.75) is 25.6 Å². The van der Waals surface area contributed by atoms with Crippen LogP contribution in [0.3, 0.4) is 0 Å². The molecule has 0 spiro atoms. The summed E-state index contributed by atoms with van der Waals surface area (Å²) < 4.78 is 42.2. The van der Waals surface area contributed by atoms with Crippen molar-refractivity contribution >= 4 is 11.4 Å². The average Bonchev–Trinajstić information content (AvgIpc) is 3.03. The van der Waals surface area contributed by atoms with Gasteiger partial charge in [-0.05, 0) is 36.8 Å². The standard InChI is InChI=1S/C18H15F3N2O2/c1-12(15-3-2-4-17-22-9-10-23(15)17)16(24)11-13-5-7-14(8-6-13)25-18(19,20)21/h2-10,12H,11H2,1H3. The summed E-state index contributed by atoms with van der Waals surface area (Å²) in [5.41, 5.74) is 2.20. The van der Waals surface area contributed by atoms with Crippen molar-refractivity contribution < 1.29 is 22.7 Å². The van der Waals surface area contributed by atoms with Crippen molar-refractivity contribution in [3.8, 4) is 5.75 Å². The number of ether oxygens (including phenoxy) is 1. The number of carbonyl (C=O) groups is 1. The molecule has 0 saturated carbocycles. The number of rotatable bonds is 5. The summed E-state index contributed by atoms with van der Waals surface area (Å²) in [4.78, 5) is 16.7. The van der Waals surface area contributed by atoms with E-state index in [1.54, 1.807) is 19.3 Å². The number of aromatic nitrogens is 2. The summed E-state index contributed by atoms with van der Waals surface area (Å²) >= 11 is 0. The van der Waals surface area contributed by atoms with E-state index >= 15 is 0 Å². The Balaban J connectivity index is 1.72. The molecule has 0 saturated heterocycles. The van der Waals surface area contributed by atoms with Gasteiger partial charge in [-0.1, -0.05) is 18.2 Å². The van der Waals surface area contributed by atoms with E-state index in [-0.39, 0.29) is 23.9 Å². The molecule has 0 aliphatic rings. The number of Topliss-reactive ketones (excluding diaryl/α,β-unsaturated/α-hetero) is 1. The highest BCUT2D eigenvalue weighted by Crippen LogP contribution is 2.24. The molecular formula is C18H15F3N2O2. The van der Waals surface area contributed by atoms with Gasteiger partial charge in [0.25, 0.3) is 0 Å². The first kappa shape index (κ1) is 17.0. The SMILES string of the molecule is CC(C(=O)Cc1ccc(OC(F)(F)F)cc1)c1cccc2nccn12. The summed E-state index contributed by atoms with van der Waals surface area (Å²) in [5, 5.41) is 0. The van der Waals surface area contributed by atoms with Gasteiger partial charge in [0.1, 0.15) is 17.2 Å². The van der Waals surface area contributed by atoms with E-state index in [1.807, 2.05) is 22.6 Å².